The van der Waals surface area contributed by atoms with Gasteiger partial charge in [0.1, 0.15) is 0 Å². The highest BCUT2D eigenvalue weighted by Gasteiger charge is 2.47. The monoisotopic (exact) mass is 142 g/mol. The van der Waals surface area contributed by atoms with Gasteiger partial charge in [-0.3, -0.25) is 0 Å². The molecule has 0 amide bonds. The van der Waals surface area contributed by atoms with Crippen molar-refractivity contribution < 1.29 is 5.11 Å². The molecule has 0 aliphatic heterocycles. The van der Waals surface area contributed by atoms with E-state index < -0.39 is 5.60 Å². The van der Waals surface area contributed by atoms with E-state index in [0.717, 1.165) is 11.8 Å². The normalized spacial score (nSPS) is 33.0. The summed E-state index contributed by atoms with van der Waals surface area (Å²) < 4.78 is 0. The smallest absolute Gasteiger partial charge is 0.0622 e. The van der Waals surface area contributed by atoms with Crippen molar-refractivity contribution in [1.29, 1.82) is 0 Å². The molecule has 0 aromatic rings. The molecule has 0 bridgehead atoms. The standard InChI is InChI=1S/C9H18O/c1-6(2)7-5-8(7)9(3,4)10/h6-8,10H,5H2,1-4H3/t7-,8+/m0/s1. The van der Waals surface area contributed by atoms with Crippen LogP contribution in [0.3, 0.4) is 0 Å². The van der Waals surface area contributed by atoms with Crippen molar-refractivity contribution in [3.05, 3.63) is 0 Å². The largest absolute Gasteiger partial charge is 0.390 e. The van der Waals surface area contributed by atoms with E-state index in [0.29, 0.717) is 5.92 Å². The average molecular weight is 142 g/mol. The van der Waals surface area contributed by atoms with Gasteiger partial charge in [0.25, 0.3) is 0 Å². The fourth-order valence-electron chi connectivity index (χ4n) is 1.76. The molecule has 0 unspecified atom stereocenters. The van der Waals surface area contributed by atoms with Gasteiger partial charge in [-0.05, 0) is 38.0 Å². The van der Waals surface area contributed by atoms with Crippen molar-refractivity contribution in [2.75, 3.05) is 0 Å². The van der Waals surface area contributed by atoms with Gasteiger partial charge in [0.05, 0.1) is 5.60 Å². The van der Waals surface area contributed by atoms with E-state index in [-0.39, 0.29) is 0 Å². The first-order valence-electron chi connectivity index (χ1n) is 4.15. The first-order chi connectivity index (χ1) is 4.43. The van der Waals surface area contributed by atoms with Gasteiger partial charge in [-0.15, -0.1) is 0 Å². The van der Waals surface area contributed by atoms with Crippen molar-refractivity contribution >= 4 is 0 Å². The minimum absolute atomic E-state index is 0.436. The Morgan fingerprint density at radius 3 is 2.00 bits per heavy atom. The first-order valence-corrected chi connectivity index (χ1v) is 4.15. The van der Waals surface area contributed by atoms with E-state index in [9.17, 15) is 5.11 Å². The maximum absolute atomic E-state index is 9.58. The lowest BCUT2D eigenvalue weighted by atomic mass is 9.97. The van der Waals surface area contributed by atoms with Crippen LogP contribution in [0.4, 0.5) is 0 Å². The van der Waals surface area contributed by atoms with Gasteiger partial charge in [-0.2, -0.15) is 0 Å². The Kier molecular flexibility index (Phi) is 1.80. The Balaban J connectivity index is 2.39. The fraction of sp³-hybridized carbons (Fsp3) is 1.00. The van der Waals surface area contributed by atoms with E-state index in [1.54, 1.807) is 0 Å². The zero-order chi connectivity index (χ0) is 7.94. The van der Waals surface area contributed by atoms with Crippen LogP contribution < -0.4 is 0 Å². The van der Waals surface area contributed by atoms with Crippen molar-refractivity contribution in [2.24, 2.45) is 17.8 Å². The molecular formula is C9H18O. The summed E-state index contributed by atoms with van der Waals surface area (Å²) >= 11 is 0. The van der Waals surface area contributed by atoms with Gasteiger partial charge in [0.2, 0.25) is 0 Å². The van der Waals surface area contributed by atoms with E-state index in [1.807, 2.05) is 13.8 Å². The number of hydrogen-bond acceptors (Lipinski definition) is 1. The van der Waals surface area contributed by atoms with Gasteiger partial charge in [-0.25, -0.2) is 0 Å². The summed E-state index contributed by atoms with van der Waals surface area (Å²) in [7, 11) is 0. The summed E-state index contributed by atoms with van der Waals surface area (Å²) in [4.78, 5) is 0. The highest BCUT2D eigenvalue weighted by atomic mass is 16.3. The van der Waals surface area contributed by atoms with Crippen LogP contribution in [0.15, 0.2) is 0 Å². The molecule has 0 heterocycles. The summed E-state index contributed by atoms with van der Waals surface area (Å²) in [5, 5.41) is 9.58. The molecule has 1 rings (SSSR count). The van der Waals surface area contributed by atoms with Crippen LogP contribution in [0.2, 0.25) is 0 Å². The topological polar surface area (TPSA) is 20.2 Å². The Morgan fingerprint density at radius 2 is 1.90 bits per heavy atom. The second kappa shape index (κ2) is 2.23. The molecular weight excluding hydrogens is 124 g/mol. The molecule has 0 aromatic heterocycles. The van der Waals surface area contributed by atoms with Crippen LogP contribution in [0, 0.1) is 17.8 Å². The number of rotatable bonds is 2. The molecule has 10 heavy (non-hydrogen) atoms. The summed E-state index contributed by atoms with van der Waals surface area (Å²) in [6.07, 6.45) is 1.22. The molecule has 60 valence electrons. The molecule has 0 aromatic carbocycles. The lowest BCUT2D eigenvalue weighted by Gasteiger charge is -2.17. The van der Waals surface area contributed by atoms with Gasteiger partial charge in [-0.1, -0.05) is 13.8 Å². The van der Waals surface area contributed by atoms with Gasteiger partial charge in [0, 0.05) is 0 Å². The second-order valence-corrected chi connectivity index (χ2v) is 4.40. The average Bonchev–Trinajstić information content (AvgIpc) is 2.35. The Hall–Kier alpha value is -0.0400. The third-order valence-corrected chi connectivity index (χ3v) is 2.60. The fourth-order valence-corrected chi connectivity index (χ4v) is 1.76. The highest BCUT2D eigenvalue weighted by molar-refractivity contribution is 4.97. The summed E-state index contributed by atoms with van der Waals surface area (Å²) in [6.45, 7) is 8.30. The van der Waals surface area contributed by atoms with Crippen LogP contribution >= 0.6 is 0 Å². The number of aliphatic hydroxyl groups is 1. The molecule has 1 N–H and O–H groups in total. The van der Waals surface area contributed by atoms with Crippen LogP contribution in [-0.2, 0) is 0 Å². The van der Waals surface area contributed by atoms with E-state index in [1.165, 1.54) is 6.42 Å². The van der Waals surface area contributed by atoms with E-state index in [2.05, 4.69) is 13.8 Å². The minimum atomic E-state index is -0.436. The Labute approximate surface area is 63.4 Å². The summed E-state index contributed by atoms with van der Waals surface area (Å²) in [6, 6.07) is 0. The zero-order valence-electron chi connectivity index (χ0n) is 7.39. The van der Waals surface area contributed by atoms with Crippen LogP contribution in [0.5, 0.6) is 0 Å². The van der Waals surface area contributed by atoms with Crippen LogP contribution in [0.1, 0.15) is 34.1 Å². The number of hydrogen-bond donors (Lipinski definition) is 1. The highest BCUT2D eigenvalue weighted by Crippen LogP contribution is 2.50. The lowest BCUT2D eigenvalue weighted by Crippen LogP contribution is -2.23. The zero-order valence-corrected chi connectivity index (χ0v) is 7.39. The maximum atomic E-state index is 9.58. The quantitative estimate of drug-likeness (QED) is 0.625. The first kappa shape index (κ1) is 8.06. The predicted molar refractivity (Wildman–Crippen MR) is 42.7 cm³/mol. The third kappa shape index (κ3) is 1.51. The molecule has 1 nitrogen and oxygen atoms in total. The minimum Gasteiger partial charge on any atom is -0.390 e. The van der Waals surface area contributed by atoms with Crippen molar-refractivity contribution in [3.63, 3.8) is 0 Å². The third-order valence-electron chi connectivity index (χ3n) is 2.60. The Bertz CT molecular complexity index is 121. The van der Waals surface area contributed by atoms with Gasteiger partial charge >= 0.3 is 0 Å². The van der Waals surface area contributed by atoms with E-state index in [4.69, 9.17) is 0 Å². The van der Waals surface area contributed by atoms with Gasteiger partial charge < -0.3 is 5.11 Å². The second-order valence-electron chi connectivity index (χ2n) is 4.40. The maximum Gasteiger partial charge on any atom is 0.0622 e. The lowest BCUT2D eigenvalue weighted by molar-refractivity contribution is 0.0482. The predicted octanol–water partition coefficient (Wildman–Crippen LogP) is 2.05. The van der Waals surface area contributed by atoms with Crippen molar-refractivity contribution in [2.45, 2.75) is 39.7 Å². The summed E-state index contributed by atoms with van der Waals surface area (Å²) in [5.74, 6) is 2.09. The molecule has 0 radical (unpaired) electrons. The van der Waals surface area contributed by atoms with Crippen LogP contribution in [0.25, 0.3) is 0 Å². The Morgan fingerprint density at radius 1 is 1.40 bits per heavy atom. The molecule has 1 aliphatic rings. The molecule has 1 fully saturated rings. The summed E-state index contributed by atoms with van der Waals surface area (Å²) in [5.41, 5.74) is -0.436. The SMILES string of the molecule is CC(C)[C@@H]1C[C@H]1C(C)(C)O. The van der Waals surface area contributed by atoms with Crippen molar-refractivity contribution in [3.8, 4) is 0 Å². The molecule has 1 saturated carbocycles. The van der Waals surface area contributed by atoms with E-state index >= 15 is 0 Å². The molecule has 1 heteroatoms. The molecule has 0 saturated heterocycles. The molecule has 2 atom stereocenters. The van der Waals surface area contributed by atoms with Gasteiger partial charge in [0.15, 0.2) is 0 Å². The van der Waals surface area contributed by atoms with Crippen LogP contribution in [-0.4, -0.2) is 10.7 Å². The van der Waals surface area contributed by atoms with Crippen molar-refractivity contribution in [1.82, 2.24) is 0 Å². The molecule has 0 spiro atoms. The molecule has 1 aliphatic carbocycles.